The molecule has 0 amide bonds. The van der Waals surface area contributed by atoms with Crippen LogP contribution in [-0.2, 0) is 17.8 Å². The minimum Gasteiger partial charge on any atom is -0.375 e. The van der Waals surface area contributed by atoms with Gasteiger partial charge in [-0.1, -0.05) is 27.7 Å². The quantitative estimate of drug-likeness (QED) is 0.660. The third kappa shape index (κ3) is 3.76. The van der Waals surface area contributed by atoms with Gasteiger partial charge < -0.3 is 4.74 Å². The average Bonchev–Trinajstić information content (AvgIpc) is 2.64. The first kappa shape index (κ1) is 13.6. The van der Waals surface area contributed by atoms with Gasteiger partial charge in [0.1, 0.15) is 0 Å². The highest BCUT2D eigenvalue weighted by Gasteiger charge is 2.12. The molecular weight excluding hydrogens is 194 g/mol. The van der Waals surface area contributed by atoms with Gasteiger partial charge in [-0.05, 0) is 6.92 Å². The van der Waals surface area contributed by atoms with Gasteiger partial charge in [0, 0.05) is 6.42 Å². The number of ether oxygens (including phenoxy) is 1. The molecular formula is C11H21NOS. The minimum atomic E-state index is 0.779. The highest BCUT2D eigenvalue weighted by atomic mass is 32.1. The molecule has 0 bridgehead atoms. The monoisotopic (exact) mass is 215 g/mol. The zero-order valence-electron chi connectivity index (χ0n) is 9.89. The molecule has 2 heterocycles. The van der Waals surface area contributed by atoms with Crippen LogP contribution in [-0.4, -0.2) is 11.6 Å². The predicted octanol–water partition coefficient (Wildman–Crippen LogP) is 3.58. The zero-order valence-corrected chi connectivity index (χ0v) is 10.7. The first-order valence-corrected chi connectivity index (χ1v) is 6.21. The molecule has 0 unspecified atom stereocenters. The normalized spacial score (nSPS) is 12.9. The molecule has 0 saturated carbocycles. The van der Waals surface area contributed by atoms with Crippen molar-refractivity contribution >= 4 is 11.3 Å². The number of nitrogens with zero attached hydrogens (tertiary/aromatic N) is 1. The van der Waals surface area contributed by atoms with Crippen molar-refractivity contribution in [3.05, 3.63) is 15.6 Å². The van der Waals surface area contributed by atoms with Crippen molar-refractivity contribution in [2.75, 3.05) is 6.61 Å². The Bertz CT molecular complexity index is 222. The van der Waals surface area contributed by atoms with Crippen LogP contribution in [0.4, 0.5) is 0 Å². The van der Waals surface area contributed by atoms with Crippen LogP contribution < -0.4 is 0 Å². The first-order valence-electron chi connectivity index (χ1n) is 5.39. The van der Waals surface area contributed by atoms with Crippen LogP contribution >= 0.6 is 11.3 Å². The summed E-state index contributed by atoms with van der Waals surface area (Å²) in [4.78, 5) is 5.71. The highest BCUT2D eigenvalue weighted by molar-refractivity contribution is 7.11. The van der Waals surface area contributed by atoms with Crippen LogP contribution in [0.5, 0.6) is 0 Å². The van der Waals surface area contributed by atoms with Crippen LogP contribution in [0, 0.1) is 6.92 Å². The summed E-state index contributed by atoms with van der Waals surface area (Å²) in [6, 6.07) is 0. The molecule has 3 heteroatoms. The average molecular weight is 215 g/mol. The Morgan fingerprint density at radius 3 is 2.43 bits per heavy atom. The second kappa shape index (κ2) is 7.94. The van der Waals surface area contributed by atoms with Gasteiger partial charge in [0.25, 0.3) is 0 Å². The Balaban J connectivity index is 0.000000379. The third-order valence-corrected chi connectivity index (χ3v) is 2.59. The van der Waals surface area contributed by atoms with Crippen molar-refractivity contribution in [3.8, 4) is 0 Å². The fraction of sp³-hybridized carbons (Fsp3) is 0.727. The number of fused-ring (bicyclic) bond motifs is 1. The van der Waals surface area contributed by atoms with E-state index in [1.54, 1.807) is 11.3 Å². The summed E-state index contributed by atoms with van der Waals surface area (Å²) in [6.07, 6.45) is 1.000. The van der Waals surface area contributed by atoms with Crippen LogP contribution in [0.3, 0.4) is 0 Å². The molecule has 2 nitrogen and oxygen atoms in total. The maximum absolute atomic E-state index is 5.28. The number of rotatable bonds is 0. The number of aromatic nitrogens is 1. The van der Waals surface area contributed by atoms with Gasteiger partial charge in [0.15, 0.2) is 0 Å². The van der Waals surface area contributed by atoms with Gasteiger partial charge >= 0.3 is 0 Å². The van der Waals surface area contributed by atoms with Gasteiger partial charge in [-0.15, -0.1) is 11.3 Å². The van der Waals surface area contributed by atoms with Crippen molar-refractivity contribution in [1.82, 2.24) is 4.98 Å². The van der Waals surface area contributed by atoms with Gasteiger partial charge in [-0.2, -0.15) is 0 Å². The summed E-state index contributed by atoms with van der Waals surface area (Å²) in [5.41, 5.74) is 1.26. The lowest BCUT2D eigenvalue weighted by Crippen LogP contribution is -2.07. The maximum atomic E-state index is 5.28. The number of hydrogen-bond donors (Lipinski definition) is 0. The minimum absolute atomic E-state index is 0.779. The Morgan fingerprint density at radius 2 is 1.86 bits per heavy atom. The summed E-state index contributed by atoms with van der Waals surface area (Å²) in [7, 11) is 0. The second-order valence-corrected chi connectivity index (χ2v) is 3.69. The number of thiazole rings is 1. The van der Waals surface area contributed by atoms with Crippen LogP contribution in [0.1, 0.15) is 43.3 Å². The van der Waals surface area contributed by atoms with E-state index in [0.29, 0.717) is 0 Å². The molecule has 0 fully saturated rings. The molecule has 0 atom stereocenters. The summed E-state index contributed by atoms with van der Waals surface area (Å²) in [5, 5.41) is 1.16. The zero-order chi connectivity index (χ0) is 11.0. The molecule has 1 aliphatic rings. The van der Waals surface area contributed by atoms with E-state index in [-0.39, 0.29) is 0 Å². The van der Waals surface area contributed by atoms with Crippen LogP contribution in [0.25, 0.3) is 0 Å². The van der Waals surface area contributed by atoms with Gasteiger partial charge in [0.05, 0.1) is 28.8 Å². The molecule has 2 rings (SSSR count). The van der Waals surface area contributed by atoms with E-state index >= 15 is 0 Å². The van der Waals surface area contributed by atoms with Crippen molar-refractivity contribution in [2.45, 2.75) is 47.6 Å². The van der Waals surface area contributed by atoms with Crippen LogP contribution in [0.2, 0.25) is 0 Å². The second-order valence-electron chi connectivity index (χ2n) is 2.41. The van der Waals surface area contributed by atoms with E-state index in [4.69, 9.17) is 4.74 Å². The fourth-order valence-corrected chi connectivity index (χ4v) is 2.07. The smallest absolute Gasteiger partial charge is 0.0901 e. The lowest BCUT2D eigenvalue weighted by Gasteiger charge is -2.08. The number of aryl methyl sites for hydroxylation is 1. The Morgan fingerprint density at radius 1 is 1.21 bits per heavy atom. The predicted molar refractivity (Wildman–Crippen MR) is 62.9 cm³/mol. The summed E-state index contributed by atoms with van der Waals surface area (Å²) < 4.78 is 5.28. The van der Waals surface area contributed by atoms with Gasteiger partial charge in [-0.25, -0.2) is 4.98 Å². The van der Waals surface area contributed by atoms with Gasteiger partial charge in [0.2, 0.25) is 0 Å². The Kier molecular flexibility index (Phi) is 7.71. The molecule has 0 aromatic carbocycles. The fourth-order valence-electron chi connectivity index (χ4n) is 1.15. The Hall–Kier alpha value is -0.410. The SMILES string of the molecule is CC.CC.Cc1nc2c(s1)COCC2. The van der Waals surface area contributed by atoms with Crippen molar-refractivity contribution in [3.63, 3.8) is 0 Å². The first-order chi connectivity index (χ1) is 6.86. The summed E-state index contributed by atoms with van der Waals surface area (Å²) >= 11 is 1.75. The molecule has 0 aliphatic carbocycles. The molecule has 0 radical (unpaired) electrons. The Labute approximate surface area is 91.3 Å². The molecule has 1 aromatic heterocycles. The molecule has 14 heavy (non-hydrogen) atoms. The highest BCUT2D eigenvalue weighted by Crippen LogP contribution is 2.22. The largest absolute Gasteiger partial charge is 0.375 e. The molecule has 0 spiro atoms. The van der Waals surface area contributed by atoms with E-state index in [2.05, 4.69) is 4.98 Å². The molecule has 1 aromatic rings. The summed E-state index contributed by atoms with van der Waals surface area (Å²) in [5.74, 6) is 0. The van der Waals surface area contributed by atoms with E-state index in [9.17, 15) is 0 Å². The van der Waals surface area contributed by atoms with Crippen molar-refractivity contribution in [2.24, 2.45) is 0 Å². The van der Waals surface area contributed by atoms with Crippen molar-refractivity contribution < 1.29 is 4.74 Å². The van der Waals surface area contributed by atoms with Crippen LogP contribution in [0.15, 0.2) is 0 Å². The molecule has 82 valence electrons. The molecule has 1 aliphatic heterocycles. The lowest BCUT2D eigenvalue weighted by molar-refractivity contribution is 0.112. The topological polar surface area (TPSA) is 22.1 Å². The van der Waals surface area contributed by atoms with E-state index < -0.39 is 0 Å². The van der Waals surface area contributed by atoms with Crippen molar-refractivity contribution in [1.29, 1.82) is 0 Å². The maximum Gasteiger partial charge on any atom is 0.0901 e. The van der Waals surface area contributed by atoms with E-state index in [1.807, 2.05) is 34.6 Å². The van der Waals surface area contributed by atoms with E-state index in [0.717, 1.165) is 24.6 Å². The van der Waals surface area contributed by atoms with Gasteiger partial charge in [-0.3, -0.25) is 0 Å². The number of hydrogen-bond acceptors (Lipinski definition) is 3. The lowest BCUT2D eigenvalue weighted by atomic mass is 10.2. The summed E-state index contributed by atoms with van der Waals surface area (Å²) in [6.45, 7) is 11.7. The molecule has 0 saturated heterocycles. The molecule has 0 N–H and O–H groups in total. The van der Waals surface area contributed by atoms with E-state index in [1.165, 1.54) is 10.6 Å². The standard InChI is InChI=1S/C7H9NOS.2C2H6/c1-5-8-6-2-3-9-4-7(6)10-5;2*1-2/h2-4H2,1H3;2*1-2H3. The third-order valence-electron chi connectivity index (χ3n) is 1.60.